The fraction of sp³-hybridized carbons (Fsp3) is 0.438. The SMILES string of the molecule is CS(=O)(=O)N(CCCc1ccco1)CCCc1ccc(C(=O)O)s1. The molecule has 2 heterocycles. The molecular formula is C16H21NO5S2. The Hall–Kier alpha value is -1.64. The largest absolute Gasteiger partial charge is 0.477 e. The number of carboxylic acids is 1. The summed E-state index contributed by atoms with van der Waals surface area (Å²) < 4.78 is 30.5. The molecule has 2 aromatic heterocycles. The highest BCUT2D eigenvalue weighted by atomic mass is 32.2. The maximum atomic E-state index is 11.9. The fourth-order valence-corrected chi connectivity index (χ4v) is 4.19. The van der Waals surface area contributed by atoms with E-state index >= 15 is 0 Å². The molecular weight excluding hydrogens is 350 g/mol. The van der Waals surface area contributed by atoms with E-state index in [0.29, 0.717) is 43.6 Å². The molecule has 0 spiro atoms. The normalized spacial score (nSPS) is 11.9. The molecule has 24 heavy (non-hydrogen) atoms. The molecule has 2 aromatic rings. The summed E-state index contributed by atoms with van der Waals surface area (Å²) in [5.74, 6) is -0.0785. The van der Waals surface area contributed by atoms with Crippen molar-refractivity contribution >= 4 is 27.3 Å². The lowest BCUT2D eigenvalue weighted by molar-refractivity contribution is 0.0702. The van der Waals surface area contributed by atoms with E-state index in [4.69, 9.17) is 9.52 Å². The van der Waals surface area contributed by atoms with Crippen LogP contribution in [0.2, 0.25) is 0 Å². The van der Waals surface area contributed by atoms with Gasteiger partial charge in [-0.3, -0.25) is 0 Å². The summed E-state index contributed by atoms with van der Waals surface area (Å²) >= 11 is 1.24. The molecule has 0 aliphatic rings. The lowest BCUT2D eigenvalue weighted by atomic mass is 10.2. The van der Waals surface area contributed by atoms with E-state index in [-0.39, 0.29) is 0 Å². The summed E-state index contributed by atoms with van der Waals surface area (Å²) in [7, 11) is -3.26. The highest BCUT2D eigenvalue weighted by molar-refractivity contribution is 7.88. The van der Waals surface area contributed by atoms with E-state index in [0.717, 1.165) is 10.6 Å². The zero-order chi connectivity index (χ0) is 17.6. The van der Waals surface area contributed by atoms with Crippen LogP contribution in [-0.2, 0) is 22.9 Å². The van der Waals surface area contributed by atoms with Crippen molar-refractivity contribution in [3.63, 3.8) is 0 Å². The molecule has 0 atom stereocenters. The van der Waals surface area contributed by atoms with Gasteiger partial charge in [0.25, 0.3) is 0 Å². The van der Waals surface area contributed by atoms with E-state index in [1.165, 1.54) is 21.9 Å². The molecule has 0 aromatic carbocycles. The Morgan fingerprint density at radius 3 is 2.46 bits per heavy atom. The zero-order valence-electron chi connectivity index (χ0n) is 13.5. The van der Waals surface area contributed by atoms with Crippen molar-refractivity contribution in [3.8, 4) is 0 Å². The Kier molecular flexibility index (Phi) is 6.59. The number of furan rings is 1. The molecule has 0 unspecified atom stereocenters. The van der Waals surface area contributed by atoms with Crippen molar-refractivity contribution in [2.75, 3.05) is 19.3 Å². The van der Waals surface area contributed by atoms with Gasteiger partial charge in [0.15, 0.2) is 0 Å². The predicted molar refractivity (Wildman–Crippen MR) is 93.0 cm³/mol. The fourth-order valence-electron chi connectivity index (χ4n) is 2.38. The van der Waals surface area contributed by atoms with Crippen LogP contribution in [0.25, 0.3) is 0 Å². The number of nitrogens with zero attached hydrogens (tertiary/aromatic N) is 1. The van der Waals surface area contributed by atoms with Crippen LogP contribution in [0.1, 0.15) is 33.2 Å². The van der Waals surface area contributed by atoms with E-state index in [9.17, 15) is 13.2 Å². The standard InChI is InChI=1S/C16H21NO5S2/c1-24(20,21)17(10-2-5-13-6-4-12-22-13)11-3-7-14-8-9-15(23-14)16(18)19/h4,6,8-9,12H,2-3,5,7,10-11H2,1H3,(H,18,19). The Labute approximate surface area is 145 Å². The van der Waals surface area contributed by atoms with Gasteiger partial charge in [0, 0.05) is 24.4 Å². The van der Waals surface area contributed by atoms with Crippen molar-refractivity contribution in [2.45, 2.75) is 25.7 Å². The highest BCUT2D eigenvalue weighted by Gasteiger charge is 2.16. The topological polar surface area (TPSA) is 87.8 Å². The van der Waals surface area contributed by atoms with E-state index < -0.39 is 16.0 Å². The molecule has 0 radical (unpaired) electrons. The molecule has 8 heteroatoms. The summed E-state index contributed by atoms with van der Waals surface area (Å²) in [6, 6.07) is 7.06. The molecule has 0 bridgehead atoms. The molecule has 0 saturated carbocycles. The molecule has 0 aliphatic carbocycles. The number of carboxylic acid groups (broad SMARTS) is 1. The van der Waals surface area contributed by atoms with Crippen LogP contribution in [-0.4, -0.2) is 43.1 Å². The second-order valence-electron chi connectivity index (χ2n) is 5.52. The minimum atomic E-state index is -3.26. The van der Waals surface area contributed by atoms with Gasteiger partial charge in [-0.25, -0.2) is 17.5 Å². The lowest BCUT2D eigenvalue weighted by Gasteiger charge is -2.19. The van der Waals surface area contributed by atoms with E-state index in [1.807, 2.05) is 12.1 Å². The number of aryl methyl sites for hydroxylation is 2. The van der Waals surface area contributed by atoms with Crippen molar-refractivity contribution in [1.82, 2.24) is 4.31 Å². The first-order valence-electron chi connectivity index (χ1n) is 7.66. The van der Waals surface area contributed by atoms with Crippen LogP contribution in [0.15, 0.2) is 34.9 Å². The number of hydrogen-bond donors (Lipinski definition) is 1. The third-order valence-corrected chi connectivity index (χ3v) is 6.02. The van der Waals surface area contributed by atoms with Crippen LogP contribution in [0.3, 0.4) is 0 Å². The first-order valence-corrected chi connectivity index (χ1v) is 10.3. The maximum Gasteiger partial charge on any atom is 0.345 e. The second kappa shape index (κ2) is 8.46. The Bertz CT molecular complexity index is 749. The quantitative estimate of drug-likeness (QED) is 0.694. The minimum Gasteiger partial charge on any atom is -0.477 e. The number of thiophene rings is 1. The molecule has 0 aliphatic heterocycles. The maximum absolute atomic E-state index is 11.9. The van der Waals surface area contributed by atoms with Crippen molar-refractivity contribution in [3.05, 3.63) is 46.0 Å². The third-order valence-electron chi connectivity index (χ3n) is 3.58. The average molecular weight is 371 g/mol. The zero-order valence-corrected chi connectivity index (χ0v) is 15.1. The number of carbonyl (C=O) groups is 1. The molecule has 132 valence electrons. The molecule has 1 N–H and O–H groups in total. The van der Waals surface area contributed by atoms with E-state index in [1.54, 1.807) is 18.4 Å². The van der Waals surface area contributed by atoms with Crippen molar-refractivity contribution in [2.24, 2.45) is 0 Å². The molecule has 6 nitrogen and oxygen atoms in total. The van der Waals surface area contributed by atoms with Gasteiger partial charge in [0.05, 0.1) is 12.5 Å². The van der Waals surface area contributed by atoms with Gasteiger partial charge < -0.3 is 9.52 Å². The van der Waals surface area contributed by atoms with Crippen LogP contribution >= 0.6 is 11.3 Å². The van der Waals surface area contributed by atoms with Gasteiger partial charge in [-0.05, 0) is 43.5 Å². The summed E-state index contributed by atoms with van der Waals surface area (Å²) in [4.78, 5) is 12.1. The van der Waals surface area contributed by atoms with Gasteiger partial charge in [-0.2, -0.15) is 0 Å². The van der Waals surface area contributed by atoms with Gasteiger partial charge in [0.1, 0.15) is 10.6 Å². The predicted octanol–water partition coefficient (Wildman–Crippen LogP) is 2.87. The van der Waals surface area contributed by atoms with Gasteiger partial charge in [-0.1, -0.05) is 0 Å². The molecule has 2 rings (SSSR count). The van der Waals surface area contributed by atoms with Crippen LogP contribution in [0.5, 0.6) is 0 Å². The molecule has 0 saturated heterocycles. The Morgan fingerprint density at radius 1 is 1.21 bits per heavy atom. The summed E-state index contributed by atoms with van der Waals surface area (Å²) in [6.45, 7) is 0.877. The first-order chi connectivity index (χ1) is 11.4. The minimum absolute atomic E-state index is 0.309. The Morgan fingerprint density at radius 2 is 1.92 bits per heavy atom. The smallest absolute Gasteiger partial charge is 0.345 e. The van der Waals surface area contributed by atoms with Gasteiger partial charge >= 0.3 is 5.97 Å². The van der Waals surface area contributed by atoms with Crippen LogP contribution in [0, 0.1) is 0 Å². The monoisotopic (exact) mass is 371 g/mol. The average Bonchev–Trinajstić information content (AvgIpc) is 3.15. The second-order valence-corrected chi connectivity index (χ2v) is 8.67. The number of rotatable bonds is 10. The van der Waals surface area contributed by atoms with Crippen molar-refractivity contribution in [1.29, 1.82) is 0 Å². The third kappa shape index (κ3) is 5.77. The van der Waals surface area contributed by atoms with Crippen LogP contribution < -0.4 is 0 Å². The first kappa shape index (κ1) is 18.7. The summed E-state index contributed by atoms with van der Waals surface area (Å²) in [6.07, 6.45) is 5.55. The number of hydrogen-bond acceptors (Lipinski definition) is 5. The van der Waals surface area contributed by atoms with E-state index in [2.05, 4.69) is 0 Å². The van der Waals surface area contributed by atoms with Gasteiger partial charge in [0.2, 0.25) is 10.0 Å². The Balaban J connectivity index is 1.81. The van der Waals surface area contributed by atoms with Crippen LogP contribution in [0.4, 0.5) is 0 Å². The summed E-state index contributed by atoms with van der Waals surface area (Å²) in [5, 5.41) is 8.91. The molecule has 0 fully saturated rings. The highest BCUT2D eigenvalue weighted by Crippen LogP contribution is 2.18. The summed E-state index contributed by atoms with van der Waals surface area (Å²) in [5.41, 5.74) is 0. The lowest BCUT2D eigenvalue weighted by Crippen LogP contribution is -2.32. The number of sulfonamides is 1. The van der Waals surface area contributed by atoms with Crippen molar-refractivity contribution < 1.29 is 22.7 Å². The van der Waals surface area contributed by atoms with Gasteiger partial charge in [-0.15, -0.1) is 11.3 Å². The number of aromatic carboxylic acids is 1. The molecule has 0 amide bonds.